The zero-order chi connectivity index (χ0) is 24.9. The monoisotopic (exact) mass is 482 g/mol. The number of rotatable bonds is 9. The second-order valence-corrected chi connectivity index (χ2v) is 9.87. The predicted molar refractivity (Wildman–Crippen MR) is 133 cm³/mol. The molecule has 3 rings (SSSR count). The van der Waals surface area contributed by atoms with Crippen LogP contribution in [-0.2, 0) is 14.8 Å². The average Bonchev–Trinajstić information content (AvgIpc) is 2.82. The third-order valence-electron chi connectivity index (χ3n) is 5.56. The van der Waals surface area contributed by atoms with Crippen LogP contribution >= 0.6 is 0 Å². The molecule has 180 valence electrons. The number of methoxy groups -OCH3 is 2. The molecule has 0 saturated heterocycles. The van der Waals surface area contributed by atoms with Crippen LogP contribution in [0.5, 0.6) is 11.5 Å². The lowest BCUT2D eigenvalue weighted by molar-refractivity contribution is -0.120. The van der Waals surface area contributed by atoms with Crippen LogP contribution in [0.25, 0.3) is 0 Å². The lowest BCUT2D eigenvalue weighted by Gasteiger charge is -2.26. The van der Waals surface area contributed by atoms with E-state index in [1.807, 2.05) is 39.0 Å². The zero-order valence-electron chi connectivity index (χ0n) is 20.0. The van der Waals surface area contributed by atoms with Gasteiger partial charge in [0.05, 0.1) is 30.8 Å². The minimum absolute atomic E-state index is 0.0365. The molecule has 0 aliphatic carbocycles. The minimum Gasteiger partial charge on any atom is -0.497 e. The Morgan fingerprint density at radius 3 is 2.26 bits per heavy atom. The number of aryl methyl sites for hydroxylation is 2. The third kappa shape index (κ3) is 5.51. The SMILES string of the molecule is COc1ccc(S(=O)(=O)N(CC(=O)N[C@H](C)c2ccc(C)cc2C)c2ccccc2OC)cc1. The van der Waals surface area contributed by atoms with Crippen LogP contribution in [0, 0.1) is 13.8 Å². The molecule has 0 bridgehead atoms. The average molecular weight is 483 g/mol. The summed E-state index contributed by atoms with van der Waals surface area (Å²) in [5.41, 5.74) is 3.43. The summed E-state index contributed by atoms with van der Waals surface area (Å²) in [6, 6.07) is 18.5. The molecule has 1 amide bonds. The highest BCUT2D eigenvalue weighted by atomic mass is 32.2. The fraction of sp³-hybridized carbons (Fsp3) is 0.269. The molecule has 7 nitrogen and oxygen atoms in total. The Morgan fingerprint density at radius 2 is 1.65 bits per heavy atom. The van der Waals surface area contributed by atoms with Crippen molar-refractivity contribution in [2.75, 3.05) is 25.1 Å². The van der Waals surface area contributed by atoms with Crippen LogP contribution in [0.2, 0.25) is 0 Å². The largest absolute Gasteiger partial charge is 0.497 e. The van der Waals surface area contributed by atoms with Gasteiger partial charge in [-0.3, -0.25) is 9.10 Å². The van der Waals surface area contributed by atoms with Crippen molar-refractivity contribution in [3.8, 4) is 11.5 Å². The van der Waals surface area contributed by atoms with E-state index in [9.17, 15) is 13.2 Å². The van der Waals surface area contributed by atoms with Crippen LogP contribution in [0.4, 0.5) is 5.69 Å². The molecule has 34 heavy (non-hydrogen) atoms. The zero-order valence-corrected chi connectivity index (χ0v) is 20.8. The molecule has 0 heterocycles. The molecule has 0 fully saturated rings. The number of ether oxygens (including phenoxy) is 2. The van der Waals surface area contributed by atoms with E-state index >= 15 is 0 Å². The van der Waals surface area contributed by atoms with Crippen molar-refractivity contribution in [3.05, 3.63) is 83.4 Å². The van der Waals surface area contributed by atoms with Gasteiger partial charge >= 0.3 is 0 Å². The van der Waals surface area contributed by atoms with E-state index in [1.165, 1.54) is 26.4 Å². The number of carbonyl (C=O) groups is 1. The second kappa shape index (κ2) is 10.6. The summed E-state index contributed by atoms with van der Waals surface area (Å²) in [4.78, 5) is 13.1. The molecular weight excluding hydrogens is 452 g/mol. The summed E-state index contributed by atoms with van der Waals surface area (Å²) in [7, 11) is -1.12. The summed E-state index contributed by atoms with van der Waals surface area (Å²) < 4.78 is 38.9. The number of para-hydroxylation sites is 2. The van der Waals surface area contributed by atoms with Gasteiger partial charge in [-0.2, -0.15) is 0 Å². The topological polar surface area (TPSA) is 84.9 Å². The highest BCUT2D eigenvalue weighted by molar-refractivity contribution is 7.92. The molecule has 0 aromatic heterocycles. The maximum absolute atomic E-state index is 13.6. The highest BCUT2D eigenvalue weighted by Crippen LogP contribution is 2.32. The number of benzene rings is 3. The Hall–Kier alpha value is -3.52. The van der Waals surface area contributed by atoms with E-state index in [-0.39, 0.29) is 16.6 Å². The number of nitrogens with one attached hydrogen (secondary N) is 1. The van der Waals surface area contributed by atoms with Gasteiger partial charge in [-0.25, -0.2) is 8.42 Å². The number of sulfonamides is 1. The first-order valence-electron chi connectivity index (χ1n) is 10.8. The molecular formula is C26H30N2O5S. The van der Waals surface area contributed by atoms with Crippen LogP contribution in [0.15, 0.2) is 71.6 Å². The molecule has 3 aromatic carbocycles. The molecule has 0 aliphatic heterocycles. The van der Waals surface area contributed by atoms with Crippen molar-refractivity contribution in [3.63, 3.8) is 0 Å². The molecule has 1 atom stereocenters. The molecule has 0 saturated carbocycles. The highest BCUT2D eigenvalue weighted by Gasteiger charge is 2.30. The first-order chi connectivity index (χ1) is 16.2. The number of hydrogen-bond acceptors (Lipinski definition) is 5. The van der Waals surface area contributed by atoms with Crippen molar-refractivity contribution in [2.24, 2.45) is 0 Å². The Morgan fingerprint density at radius 1 is 0.971 bits per heavy atom. The van der Waals surface area contributed by atoms with E-state index in [2.05, 4.69) is 5.32 Å². The van der Waals surface area contributed by atoms with Crippen LogP contribution in [0.3, 0.4) is 0 Å². The van der Waals surface area contributed by atoms with Gasteiger partial charge in [0.2, 0.25) is 5.91 Å². The summed E-state index contributed by atoms with van der Waals surface area (Å²) >= 11 is 0. The van der Waals surface area contributed by atoms with Crippen molar-refractivity contribution in [1.29, 1.82) is 0 Å². The van der Waals surface area contributed by atoms with E-state index in [0.29, 0.717) is 11.5 Å². The normalized spacial score (nSPS) is 12.0. The van der Waals surface area contributed by atoms with Gasteiger partial charge in [0, 0.05) is 0 Å². The van der Waals surface area contributed by atoms with Crippen LogP contribution < -0.4 is 19.1 Å². The van der Waals surface area contributed by atoms with Gasteiger partial charge in [-0.1, -0.05) is 35.9 Å². The first-order valence-corrected chi connectivity index (χ1v) is 12.3. The Kier molecular flexibility index (Phi) is 7.83. The smallest absolute Gasteiger partial charge is 0.264 e. The summed E-state index contributed by atoms with van der Waals surface area (Å²) in [6.45, 7) is 5.46. The van der Waals surface area contributed by atoms with Gasteiger partial charge in [0.25, 0.3) is 10.0 Å². The van der Waals surface area contributed by atoms with Gasteiger partial charge in [-0.05, 0) is 68.3 Å². The third-order valence-corrected chi connectivity index (χ3v) is 7.33. The predicted octanol–water partition coefficient (Wildman–Crippen LogP) is 4.39. The van der Waals surface area contributed by atoms with Crippen LogP contribution in [-0.4, -0.2) is 35.1 Å². The number of hydrogen-bond donors (Lipinski definition) is 1. The maximum atomic E-state index is 13.6. The van der Waals surface area contributed by atoms with E-state index in [0.717, 1.165) is 21.0 Å². The van der Waals surface area contributed by atoms with Crippen molar-refractivity contribution < 1.29 is 22.7 Å². The number of anilines is 1. The number of carbonyl (C=O) groups excluding carboxylic acids is 1. The van der Waals surface area contributed by atoms with Gasteiger partial charge in [0.15, 0.2) is 0 Å². The van der Waals surface area contributed by atoms with E-state index < -0.39 is 22.5 Å². The van der Waals surface area contributed by atoms with Gasteiger partial charge in [-0.15, -0.1) is 0 Å². The molecule has 0 unspecified atom stereocenters. The lowest BCUT2D eigenvalue weighted by Crippen LogP contribution is -2.41. The minimum atomic E-state index is -4.08. The maximum Gasteiger partial charge on any atom is 0.264 e. The van der Waals surface area contributed by atoms with Crippen LogP contribution in [0.1, 0.15) is 29.7 Å². The summed E-state index contributed by atoms with van der Waals surface area (Å²) in [5, 5.41) is 2.93. The molecule has 0 spiro atoms. The quantitative estimate of drug-likeness (QED) is 0.489. The number of amides is 1. The van der Waals surface area contributed by atoms with Crippen molar-refractivity contribution in [1.82, 2.24) is 5.32 Å². The van der Waals surface area contributed by atoms with E-state index in [4.69, 9.17) is 9.47 Å². The Balaban J connectivity index is 1.94. The van der Waals surface area contributed by atoms with E-state index in [1.54, 1.807) is 36.4 Å². The molecule has 1 N–H and O–H groups in total. The van der Waals surface area contributed by atoms with Crippen molar-refractivity contribution >= 4 is 21.6 Å². The van der Waals surface area contributed by atoms with Gasteiger partial charge in [0.1, 0.15) is 18.0 Å². The fourth-order valence-electron chi connectivity index (χ4n) is 3.82. The first kappa shape index (κ1) is 25.1. The van der Waals surface area contributed by atoms with Gasteiger partial charge < -0.3 is 14.8 Å². The summed E-state index contributed by atoms with van der Waals surface area (Å²) in [5.74, 6) is 0.438. The van der Waals surface area contributed by atoms with Crippen molar-refractivity contribution in [2.45, 2.75) is 31.7 Å². The second-order valence-electron chi connectivity index (χ2n) is 8.01. The Bertz CT molecular complexity index is 1260. The molecule has 8 heteroatoms. The lowest BCUT2D eigenvalue weighted by atomic mass is 10.0. The summed E-state index contributed by atoms with van der Waals surface area (Å²) in [6.07, 6.45) is 0. The molecule has 0 aliphatic rings. The number of nitrogens with zero attached hydrogens (tertiary/aromatic N) is 1. The standard InChI is InChI=1S/C26H30N2O5S/c1-18-10-15-23(19(2)16-18)20(3)27-26(29)17-28(24-8-6-7-9-25(24)33-5)34(30,31)22-13-11-21(32-4)12-14-22/h6-16,20H,17H2,1-5H3,(H,27,29)/t20-/m1/s1. The Labute approximate surface area is 201 Å². The molecule has 0 radical (unpaired) electrons. The fourth-order valence-corrected chi connectivity index (χ4v) is 5.25. The molecule has 3 aromatic rings.